The van der Waals surface area contributed by atoms with E-state index in [1.54, 1.807) is 0 Å². The molecule has 0 bridgehead atoms. The molecule has 0 aromatic rings. The van der Waals surface area contributed by atoms with Crippen LogP contribution in [0.15, 0.2) is 0 Å². The van der Waals surface area contributed by atoms with Gasteiger partial charge in [-0.2, -0.15) is 0 Å². The van der Waals surface area contributed by atoms with E-state index >= 15 is 0 Å². The van der Waals surface area contributed by atoms with E-state index in [1.165, 1.54) is 6.92 Å². The normalized spacial score (nSPS) is 15.2. The first-order valence-corrected chi connectivity index (χ1v) is 3.66. The largest absolute Gasteiger partial charge is 0.481 e. The molecular formula is C7H13NO4. The number of nitrogens with two attached hydrogens (primary N) is 1. The molecule has 5 nitrogen and oxygen atoms in total. The van der Waals surface area contributed by atoms with Crippen LogP contribution in [0.4, 0.5) is 0 Å². The summed E-state index contributed by atoms with van der Waals surface area (Å²) in [6.07, 6.45) is 0.492. The molecule has 0 aliphatic heterocycles. The van der Waals surface area contributed by atoms with E-state index in [2.05, 4.69) is 0 Å². The topological polar surface area (TPSA) is 101 Å². The van der Waals surface area contributed by atoms with Crippen LogP contribution in [0.3, 0.4) is 0 Å². The summed E-state index contributed by atoms with van der Waals surface area (Å²) >= 11 is 0. The van der Waals surface area contributed by atoms with Crippen molar-refractivity contribution in [2.24, 2.45) is 11.7 Å². The van der Waals surface area contributed by atoms with Crippen molar-refractivity contribution in [3.8, 4) is 0 Å². The SMILES string of the molecule is CC(CCC(N)C(=O)O)C(=O)O. The molecule has 0 heterocycles. The third-order valence-electron chi connectivity index (χ3n) is 1.65. The Morgan fingerprint density at radius 1 is 1.25 bits per heavy atom. The van der Waals surface area contributed by atoms with E-state index in [0.29, 0.717) is 6.42 Å². The fourth-order valence-electron chi connectivity index (χ4n) is 0.677. The van der Waals surface area contributed by atoms with Crippen LogP contribution in [0.1, 0.15) is 19.8 Å². The lowest BCUT2D eigenvalue weighted by molar-refractivity contribution is -0.143. The van der Waals surface area contributed by atoms with Gasteiger partial charge in [-0.1, -0.05) is 6.92 Å². The van der Waals surface area contributed by atoms with Gasteiger partial charge in [-0.25, -0.2) is 0 Å². The molecule has 0 aromatic carbocycles. The minimum Gasteiger partial charge on any atom is -0.481 e. The van der Waals surface area contributed by atoms with Crippen molar-refractivity contribution in [2.75, 3.05) is 0 Å². The van der Waals surface area contributed by atoms with Crippen molar-refractivity contribution < 1.29 is 19.8 Å². The molecule has 0 amide bonds. The number of hydrogen-bond acceptors (Lipinski definition) is 3. The monoisotopic (exact) mass is 175 g/mol. The Balaban J connectivity index is 3.68. The van der Waals surface area contributed by atoms with E-state index in [-0.39, 0.29) is 6.42 Å². The van der Waals surface area contributed by atoms with Crippen LogP contribution in [0.2, 0.25) is 0 Å². The lowest BCUT2D eigenvalue weighted by Gasteiger charge is -2.08. The molecule has 2 atom stereocenters. The predicted molar refractivity (Wildman–Crippen MR) is 41.6 cm³/mol. The Labute approximate surface area is 70.2 Å². The van der Waals surface area contributed by atoms with Gasteiger partial charge in [0, 0.05) is 0 Å². The van der Waals surface area contributed by atoms with Crippen molar-refractivity contribution in [1.82, 2.24) is 0 Å². The number of rotatable bonds is 5. The molecule has 2 unspecified atom stereocenters. The highest BCUT2D eigenvalue weighted by atomic mass is 16.4. The zero-order chi connectivity index (χ0) is 9.72. The van der Waals surface area contributed by atoms with Crippen molar-refractivity contribution in [2.45, 2.75) is 25.8 Å². The van der Waals surface area contributed by atoms with Gasteiger partial charge in [0.1, 0.15) is 6.04 Å². The molecular weight excluding hydrogens is 162 g/mol. The molecule has 0 radical (unpaired) electrons. The van der Waals surface area contributed by atoms with E-state index in [9.17, 15) is 9.59 Å². The highest BCUT2D eigenvalue weighted by Gasteiger charge is 2.16. The summed E-state index contributed by atoms with van der Waals surface area (Å²) in [6, 6.07) is -0.952. The molecule has 4 N–H and O–H groups in total. The Hall–Kier alpha value is -1.10. The smallest absolute Gasteiger partial charge is 0.320 e. The van der Waals surface area contributed by atoms with Crippen LogP contribution in [0.25, 0.3) is 0 Å². The van der Waals surface area contributed by atoms with Gasteiger partial charge in [-0.05, 0) is 12.8 Å². The molecule has 0 rings (SSSR count). The molecule has 0 aromatic heterocycles. The molecule has 0 saturated carbocycles. The van der Waals surface area contributed by atoms with Crippen LogP contribution in [0, 0.1) is 5.92 Å². The Morgan fingerprint density at radius 2 is 1.75 bits per heavy atom. The molecule has 0 fully saturated rings. The van der Waals surface area contributed by atoms with Gasteiger partial charge >= 0.3 is 11.9 Å². The Morgan fingerprint density at radius 3 is 2.08 bits per heavy atom. The molecule has 5 heteroatoms. The highest BCUT2D eigenvalue weighted by Crippen LogP contribution is 2.06. The maximum Gasteiger partial charge on any atom is 0.320 e. The van der Waals surface area contributed by atoms with Crippen LogP contribution in [-0.4, -0.2) is 28.2 Å². The predicted octanol–water partition coefficient (Wildman–Crippen LogP) is -0.101. The Kier molecular flexibility index (Phi) is 4.28. The second-order valence-corrected chi connectivity index (χ2v) is 2.76. The number of hydrogen-bond donors (Lipinski definition) is 3. The first-order chi connectivity index (χ1) is 5.45. The van der Waals surface area contributed by atoms with Gasteiger partial charge in [0.15, 0.2) is 0 Å². The van der Waals surface area contributed by atoms with Gasteiger partial charge in [0.2, 0.25) is 0 Å². The minimum absolute atomic E-state index is 0.197. The van der Waals surface area contributed by atoms with E-state index in [0.717, 1.165) is 0 Å². The molecule has 0 spiro atoms. The first-order valence-electron chi connectivity index (χ1n) is 3.66. The fraction of sp³-hybridized carbons (Fsp3) is 0.714. The summed E-state index contributed by atoms with van der Waals surface area (Å²) in [4.78, 5) is 20.5. The summed E-state index contributed by atoms with van der Waals surface area (Å²) in [5, 5.41) is 16.8. The second-order valence-electron chi connectivity index (χ2n) is 2.76. The van der Waals surface area contributed by atoms with Crippen molar-refractivity contribution in [3.63, 3.8) is 0 Å². The molecule has 0 aliphatic rings. The average Bonchev–Trinajstić information content (AvgIpc) is 1.98. The lowest BCUT2D eigenvalue weighted by atomic mass is 10.0. The number of carboxylic acids is 2. The van der Waals surface area contributed by atoms with E-state index < -0.39 is 23.9 Å². The third kappa shape index (κ3) is 3.92. The van der Waals surface area contributed by atoms with E-state index in [4.69, 9.17) is 15.9 Å². The van der Waals surface area contributed by atoms with Crippen LogP contribution in [0.5, 0.6) is 0 Å². The number of carboxylic acid groups (broad SMARTS) is 2. The summed E-state index contributed by atoms with van der Waals surface area (Å²) in [6.45, 7) is 1.52. The Bertz CT molecular complexity index is 160. The second kappa shape index (κ2) is 4.71. The van der Waals surface area contributed by atoms with Crippen molar-refractivity contribution >= 4 is 11.9 Å². The minimum atomic E-state index is -1.09. The van der Waals surface area contributed by atoms with Crippen LogP contribution >= 0.6 is 0 Å². The van der Waals surface area contributed by atoms with Gasteiger partial charge < -0.3 is 15.9 Å². The summed E-state index contributed by atoms with van der Waals surface area (Å²) in [5.41, 5.74) is 5.17. The fourth-order valence-corrected chi connectivity index (χ4v) is 0.677. The molecule has 0 saturated heterocycles. The number of carbonyl (C=O) groups is 2. The molecule has 12 heavy (non-hydrogen) atoms. The van der Waals surface area contributed by atoms with Gasteiger partial charge in [0.25, 0.3) is 0 Å². The van der Waals surface area contributed by atoms with Gasteiger partial charge in [0.05, 0.1) is 5.92 Å². The number of aliphatic carboxylic acids is 2. The summed E-state index contributed by atoms with van der Waals surface area (Å²) in [7, 11) is 0. The maximum atomic E-state index is 10.3. The summed E-state index contributed by atoms with van der Waals surface area (Å²) in [5.74, 6) is -2.55. The zero-order valence-electron chi connectivity index (χ0n) is 6.86. The lowest BCUT2D eigenvalue weighted by Crippen LogP contribution is -2.30. The first kappa shape index (κ1) is 10.9. The highest BCUT2D eigenvalue weighted by molar-refractivity contribution is 5.73. The van der Waals surface area contributed by atoms with Gasteiger partial charge in [-0.3, -0.25) is 9.59 Å². The quantitative estimate of drug-likeness (QED) is 0.541. The standard InChI is InChI=1S/C7H13NO4/c1-4(6(9)10)2-3-5(8)7(11)12/h4-5H,2-3,8H2,1H3,(H,9,10)(H,11,12). The van der Waals surface area contributed by atoms with Crippen molar-refractivity contribution in [1.29, 1.82) is 0 Å². The summed E-state index contributed by atoms with van der Waals surface area (Å²) < 4.78 is 0. The zero-order valence-corrected chi connectivity index (χ0v) is 6.86. The third-order valence-corrected chi connectivity index (χ3v) is 1.65. The van der Waals surface area contributed by atoms with E-state index in [1.807, 2.05) is 0 Å². The van der Waals surface area contributed by atoms with Crippen LogP contribution < -0.4 is 5.73 Å². The maximum absolute atomic E-state index is 10.3. The molecule has 70 valence electrons. The van der Waals surface area contributed by atoms with Gasteiger partial charge in [-0.15, -0.1) is 0 Å². The average molecular weight is 175 g/mol. The van der Waals surface area contributed by atoms with Crippen LogP contribution in [-0.2, 0) is 9.59 Å². The molecule has 0 aliphatic carbocycles. The van der Waals surface area contributed by atoms with Crippen molar-refractivity contribution in [3.05, 3.63) is 0 Å².